The summed E-state index contributed by atoms with van der Waals surface area (Å²) in [5.74, 6) is 0.961. The number of halogens is 1. The summed E-state index contributed by atoms with van der Waals surface area (Å²) in [5, 5.41) is 3.43. The van der Waals surface area contributed by atoms with Gasteiger partial charge in [-0.3, -0.25) is 0 Å². The first-order valence-electron chi connectivity index (χ1n) is 5.44. The van der Waals surface area contributed by atoms with Crippen LogP contribution in [0.1, 0.15) is 18.5 Å². The second-order valence-electron chi connectivity index (χ2n) is 3.55. The van der Waals surface area contributed by atoms with Crippen LogP contribution in [0.15, 0.2) is 24.3 Å². The first-order valence-corrected chi connectivity index (χ1v) is 5.44. The van der Waals surface area contributed by atoms with Gasteiger partial charge in [0, 0.05) is 12.1 Å². The Balaban J connectivity index is 0.00000128. The van der Waals surface area contributed by atoms with E-state index in [-0.39, 0.29) is 18.4 Å². The summed E-state index contributed by atoms with van der Waals surface area (Å²) >= 11 is 0. The molecule has 1 atom stereocenters. The molecule has 1 aromatic carbocycles. The van der Waals surface area contributed by atoms with Crippen molar-refractivity contribution in [2.45, 2.75) is 13.0 Å². The standard InChI is InChI=1S/C12H17NO2.ClH/c1-2-15-12-6-4-3-5-10(12)11-9-14-8-7-13-11;/h3-6,11,13H,2,7-9H2,1H3;1H/t11-;/m1./s1. The van der Waals surface area contributed by atoms with Crippen LogP contribution in [0, 0.1) is 0 Å². The third-order valence-electron chi connectivity index (χ3n) is 2.52. The molecule has 1 saturated heterocycles. The molecule has 1 fully saturated rings. The van der Waals surface area contributed by atoms with E-state index in [1.807, 2.05) is 25.1 Å². The van der Waals surface area contributed by atoms with Gasteiger partial charge < -0.3 is 14.8 Å². The molecule has 4 heteroatoms. The fourth-order valence-electron chi connectivity index (χ4n) is 1.82. The molecule has 0 spiro atoms. The van der Waals surface area contributed by atoms with Crippen LogP contribution in [-0.2, 0) is 4.74 Å². The van der Waals surface area contributed by atoms with E-state index in [4.69, 9.17) is 9.47 Å². The van der Waals surface area contributed by atoms with E-state index >= 15 is 0 Å². The lowest BCUT2D eigenvalue weighted by molar-refractivity contribution is 0.0758. The van der Waals surface area contributed by atoms with Gasteiger partial charge in [0.2, 0.25) is 0 Å². The van der Waals surface area contributed by atoms with Crippen molar-refractivity contribution >= 4 is 12.4 Å². The fraction of sp³-hybridized carbons (Fsp3) is 0.500. The van der Waals surface area contributed by atoms with Crippen LogP contribution in [0.5, 0.6) is 5.75 Å². The van der Waals surface area contributed by atoms with Gasteiger partial charge in [-0.1, -0.05) is 18.2 Å². The molecule has 0 radical (unpaired) electrons. The minimum Gasteiger partial charge on any atom is -0.494 e. The van der Waals surface area contributed by atoms with Crippen LogP contribution in [-0.4, -0.2) is 26.4 Å². The molecule has 0 unspecified atom stereocenters. The number of hydrogen-bond donors (Lipinski definition) is 1. The van der Waals surface area contributed by atoms with Gasteiger partial charge in [0.25, 0.3) is 0 Å². The summed E-state index contributed by atoms with van der Waals surface area (Å²) in [4.78, 5) is 0. The summed E-state index contributed by atoms with van der Waals surface area (Å²) in [6, 6.07) is 8.40. The van der Waals surface area contributed by atoms with Crippen molar-refractivity contribution in [1.29, 1.82) is 0 Å². The van der Waals surface area contributed by atoms with Crippen molar-refractivity contribution in [2.24, 2.45) is 0 Å². The number of benzene rings is 1. The number of para-hydroxylation sites is 1. The predicted octanol–water partition coefficient (Wildman–Crippen LogP) is 2.17. The molecule has 1 aliphatic heterocycles. The van der Waals surface area contributed by atoms with Crippen molar-refractivity contribution in [2.75, 3.05) is 26.4 Å². The van der Waals surface area contributed by atoms with Crippen molar-refractivity contribution in [3.05, 3.63) is 29.8 Å². The summed E-state index contributed by atoms with van der Waals surface area (Å²) in [6.07, 6.45) is 0. The number of rotatable bonds is 3. The van der Waals surface area contributed by atoms with Crippen LogP contribution < -0.4 is 10.1 Å². The minimum atomic E-state index is 0. The lowest BCUT2D eigenvalue weighted by Crippen LogP contribution is -2.34. The first-order chi connectivity index (χ1) is 7.42. The van der Waals surface area contributed by atoms with Crippen LogP contribution in [0.3, 0.4) is 0 Å². The monoisotopic (exact) mass is 243 g/mol. The summed E-state index contributed by atoms with van der Waals surface area (Å²) < 4.78 is 11.0. The highest BCUT2D eigenvalue weighted by molar-refractivity contribution is 5.85. The van der Waals surface area contributed by atoms with Gasteiger partial charge in [-0.05, 0) is 13.0 Å². The van der Waals surface area contributed by atoms with Crippen LogP contribution in [0.25, 0.3) is 0 Å². The van der Waals surface area contributed by atoms with Crippen molar-refractivity contribution in [3.8, 4) is 5.75 Å². The van der Waals surface area contributed by atoms with Crippen molar-refractivity contribution < 1.29 is 9.47 Å². The maximum atomic E-state index is 5.59. The van der Waals surface area contributed by atoms with Gasteiger partial charge in [-0.2, -0.15) is 0 Å². The zero-order valence-corrected chi connectivity index (χ0v) is 10.3. The normalized spacial score (nSPS) is 19.9. The molecule has 1 aromatic rings. The van der Waals surface area contributed by atoms with E-state index in [1.54, 1.807) is 0 Å². The molecule has 1 aliphatic rings. The summed E-state index contributed by atoms with van der Waals surface area (Å²) in [6.45, 7) is 5.13. The molecule has 0 aliphatic carbocycles. The maximum absolute atomic E-state index is 5.59. The van der Waals surface area contributed by atoms with Gasteiger partial charge in [0.1, 0.15) is 5.75 Å². The van der Waals surface area contributed by atoms with Gasteiger partial charge in [0.15, 0.2) is 0 Å². The second-order valence-corrected chi connectivity index (χ2v) is 3.55. The van der Waals surface area contributed by atoms with Gasteiger partial charge in [-0.25, -0.2) is 0 Å². The molecule has 1 N–H and O–H groups in total. The van der Waals surface area contributed by atoms with E-state index in [0.717, 1.165) is 25.5 Å². The van der Waals surface area contributed by atoms with Crippen molar-refractivity contribution in [1.82, 2.24) is 5.32 Å². The first kappa shape index (κ1) is 13.3. The summed E-state index contributed by atoms with van der Waals surface area (Å²) in [5.41, 5.74) is 1.19. The predicted molar refractivity (Wildman–Crippen MR) is 66.4 cm³/mol. The van der Waals surface area contributed by atoms with Crippen LogP contribution in [0.4, 0.5) is 0 Å². The SMILES string of the molecule is CCOc1ccccc1[C@H]1COCCN1.Cl. The molecule has 0 saturated carbocycles. The Kier molecular flexibility index (Phi) is 5.60. The molecule has 16 heavy (non-hydrogen) atoms. The molecule has 2 rings (SSSR count). The average molecular weight is 244 g/mol. The van der Waals surface area contributed by atoms with Gasteiger partial charge >= 0.3 is 0 Å². The zero-order chi connectivity index (χ0) is 10.5. The Morgan fingerprint density at radius 1 is 1.44 bits per heavy atom. The largest absolute Gasteiger partial charge is 0.494 e. The molecule has 0 bridgehead atoms. The van der Waals surface area contributed by atoms with E-state index in [1.165, 1.54) is 5.56 Å². The second kappa shape index (κ2) is 6.74. The smallest absolute Gasteiger partial charge is 0.124 e. The van der Waals surface area contributed by atoms with E-state index in [2.05, 4.69) is 11.4 Å². The highest BCUT2D eigenvalue weighted by Crippen LogP contribution is 2.26. The average Bonchev–Trinajstić information content (AvgIpc) is 2.31. The van der Waals surface area contributed by atoms with E-state index < -0.39 is 0 Å². The van der Waals surface area contributed by atoms with Gasteiger partial charge in [0.05, 0.1) is 25.9 Å². The molecular formula is C12H18ClNO2. The maximum Gasteiger partial charge on any atom is 0.124 e. The topological polar surface area (TPSA) is 30.5 Å². The number of nitrogens with one attached hydrogen (secondary N) is 1. The number of ether oxygens (including phenoxy) is 2. The quantitative estimate of drug-likeness (QED) is 0.883. The zero-order valence-electron chi connectivity index (χ0n) is 9.44. The Labute approximate surface area is 103 Å². The minimum absolute atomic E-state index is 0. The van der Waals surface area contributed by atoms with Gasteiger partial charge in [-0.15, -0.1) is 12.4 Å². The lowest BCUT2D eigenvalue weighted by atomic mass is 10.1. The molecule has 0 amide bonds. The lowest BCUT2D eigenvalue weighted by Gasteiger charge is -2.25. The molecule has 1 heterocycles. The van der Waals surface area contributed by atoms with E-state index in [9.17, 15) is 0 Å². The molecule has 0 aromatic heterocycles. The number of hydrogen-bond acceptors (Lipinski definition) is 3. The van der Waals surface area contributed by atoms with E-state index in [0.29, 0.717) is 6.61 Å². The Morgan fingerprint density at radius 3 is 2.94 bits per heavy atom. The third-order valence-corrected chi connectivity index (χ3v) is 2.52. The Bertz CT molecular complexity index is 314. The molecular weight excluding hydrogens is 226 g/mol. The third kappa shape index (κ3) is 3.11. The highest BCUT2D eigenvalue weighted by atomic mass is 35.5. The fourth-order valence-corrected chi connectivity index (χ4v) is 1.82. The molecule has 3 nitrogen and oxygen atoms in total. The van der Waals surface area contributed by atoms with Crippen LogP contribution in [0.2, 0.25) is 0 Å². The van der Waals surface area contributed by atoms with Crippen molar-refractivity contribution in [3.63, 3.8) is 0 Å². The summed E-state index contributed by atoms with van der Waals surface area (Å²) in [7, 11) is 0. The molecule has 90 valence electrons. The Morgan fingerprint density at radius 2 is 2.25 bits per heavy atom. The van der Waals surface area contributed by atoms with Crippen LogP contribution >= 0.6 is 12.4 Å². The Hall–Kier alpha value is -0.770. The highest BCUT2D eigenvalue weighted by Gasteiger charge is 2.18. The number of morpholine rings is 1.